The summed E-state index contributed by atoms with van der Waals surface area (Å²) in [6.07, 6.45) is 0.837. The molecule has 142 valence electrons. The van der Waals surface area contributed by atoms with Crippen LogP contribution in [0.4, 0.5) is 22.7 Å². The van der Waals surface area contributed by atoms with Crippen molar-refractivity contribution in [3.63, 3.8) is 0 Å². The van der Waals surface area contributed by atoms with E-state index >= 15 is 0 Å². The molecule has 6 heteroatoms. The zero-order valence-corrected chi connectivity index (χ0v) is 16.2. The first-order valence-electron chi connectivity index (χ1n) is 9.11. The van der Waals surface area contributed by atoms with Crippen molar-refractivity contribution in [1.29, 1.82) is 0 Å². The highest BCUT2D eigenvalue weighted by molar-refractivity contribution is 5.97. The Morgan fingerprint density at radius 2 is 1.74 bits per heavy atom. The lowest BCUT2D eigenvalue weighted by molar-refractivity contribution is -0.117. The van der Waals surface area contributed by atoms with E-state index in [0.29, 0.717) is 6.54 Å². The number of hydrogen-bond acceptors (Lipinski definition) is 4. The number of nitrogens with zero attached hydrogens (tertiary/aromatic N) is 2. The van der Waals surface area contributed by atoms with Crippen LogP contribution in [0, 0.1) is 0 Å². The third kappa shape index (κ3) is 4.22. The summed E-state index contributed by atoms with van der Waals surface area (Å²) in [6, 6.07) is 13.2. The molecule has 2 amide bonds. The minimum absolute atomic E-state index is 0.0579. The van der Waals surface area contributed by atoms with Crippen molar-refractivity contribution in [2.75, 3.05) is 41.1 Å². The molecule has 27 heavy (non-hydrogen) atoms. The van der Waals surface area contributed by atoms with Gasteiger partial charge < -0.3 is 20.4 Å². The standard InChI is InChI=1S/C21H26N4O2/c1-14(21(27)23-17-5-8-19(9-6-17)24(3)4)22-18-7-10-20-16(13-18)11-12-25(20)15(2)26/h5-10,13-14,22H,11-12H2,1-4H3,(H,23,27)/t14-/m0/s1. The highest BCUT2D eigenvalue weighted by Gasteiger charge is 2.22. The van der Waals surface area contributed by atoms with Gasteiger partial charge in [-0.3, -0.25) is 9.59 Å². The molecule has 2 aromatic rings. The molecule has 1 heterocycles. The average Bonchev–Trinajstić information content (AvgIpc) is 3.05. The van der Waals surface area contributed by atoms with Gasteiger partial charge >= 0.3 is 0 Å². The summed E-state index contributed by atoms with van der Waals surface area (Å²) in [5.74, 6) is -0.0408. The van der Waals surface area contributed by atoms with E-state index in [1.54, 1.807) is 11.8 Å². The van der Waals surface area contributed by atoms with Gasteiger partial charge in [0.1, 0.15) is 6.04 Å². The number of anilines is 4. The topological polar surface area (TPSA) is 64.7 Å². The molecule has 6 nitrogen and oxygen atoms in total. The van der Waals surface area contributed by atoms with Gasteiger partial charge in [-0.05, 0) is 61.4 Å². The highest BCUT2D eigenvalue weighted by atomic mass is 16.2. The largest absolute Gasteiger partial charge is 0.378 e. The lowest BCUT2D eigenvalue weighted by Gasteiger charge is -2.18. The van der Waals surface area contributed by atoms with Gasteiger partial charge in [-0.15, -0.1) is 0 Å². The molecule has 1 aliphatic rings. The van der Waals surface area contributed by atoms with E-state index in [0.717, 1.165) is 34.7 Å². The fourth-order valence-electron chi connectivity index (χ4n) is 3.23. The van der Waals surface area contributed by atoms with Gasteiger partial charge in [0.15, 0.2) is 0 Å². The zero-order valence-electron chi connectivity index (χ0n) is 16.2. The first-order valence-corrected chi connectivity index (χ1v) is 9.11. The summed E-state index contributed by atoms with van der Waals surface area (Å²) in [7, 11) is 3.96. The van der Waals surface area contributed by atoms with Crippen LogP contribution in [0.1, 0.15) is 19.4 Å². The lowest BCUT2D eigenvalue weighted by Crippen LogP contribution is -2.31. The van der Waals surface area contributed by atoms with Crippen molar-refractivity contribution >= 4 is 34.6 Å². The minimum Gasteiger partial charge on any atom is -0.378 e. The molecular formula is C21H26N4O2. The van der Waals surface area contributed by atoms with E-state index in [1.165, 1.54) is 0 Å². The summed E-state index contributed by atoms with van der Waals surface area (Å²) in [4.78, 5) is 27.9. The van der Waals surface area contributed by atoms with Crippen LogP contribution in [0.2, 0.25) is 0 Å². The smallest absolute Gasteiger partial charge is 0.246 e. The lowest BCUT2D eigenvalue weighted by atomic mass is 10.1. The van der Waals surface area contributed by atoms with Crippen molar-refractivity contribution in [3.05, 3.63) is 48.0 Å². The van der Waals surface area contributed by atoms with E-state index in [-0.39, 0.29) is 17.9 Å². The van der Waals surface area contributed by atoms with Crippen molar-refractivity contribution in [1.82, 2.24) is 0 Å². The van der Waals surface area contributed by atoms with Crippen LogP contribution < -0.4 is 20.4 Å². The molecule has 0 radical (unpaired) electrons. The summed E-state index contributed by atoms with van der Waals surface area (Å²) < 4.78 is 0. The SMILES string of the molecule is CC(=O)N1CCc2cc(N[C@@H](C)C(=O)Nc3ccc(N(C)C)cc3)ccc21. The van der Waals surface area contributed by atoms with Crippen molar-refractivity contribution in [2.24, 2.45) is 0 Å². The van der Waals surface area contributed by atoms with Crippen LogP contribution in [-0.2, 0) is 16.0 Å². The van der Waals surface area contributed by atoms with Crippen LogP contribution in [0.3, 0.4) is 0 Å². The fraction of sp³-hybridized carbons (Fsp3) is 0.333. The van der Waals surface area contributed by atoms with Crippen LogP contribution in [0.25, 0.3) is 0 Å². The van der Waals surface area contributed by atoms with E-state index in [4.69, 9.17) is 0 Å². The molecule has 0 aromatic heterocycles. The van der Waals surface area contributed by atoms with E-state index in [1.807, 2.05) is 68.4 Å². The van der Waals surface area contributed by atoms with Gasteiger partial charge in [-0.2, -0.15) is 0 Å². The molecule has 0 saturated heterocycles. The van der Waals surface area contributed by atoms with Gasteiger partial charge in [0.05, 0.1) is 0 Å². The normalized spacial score (nSPS) is 13.7. The molecule has 0 bridgehead atoms. The predicted molar refractivity (Wildman–Crippen MR) is 111 cm³/mol. The second kappa shape index (κ2) is 7.70. The van der Waals surface area contributed by atoms with E-state index in [9.17, 15) is 9.59 Å². The second-order valence-corrected chi connectivity index (χ2v) is 7.06. The number of nitrogens with one attached hydrogen (secondary N) is 2. The summed E-state index contributed by atoms with van der Waals surface area (Å²) in [5, 5.41) is 6.17. The van der Waals surface area contributed by atoms with Crippen LogP contribution in [0.15, 0.2) is 42.5 Å². The zero-order chi connectivity index (χ0) is 19.6. The van der Waals surface area contributed by atoms with Gasteiger partial charge in [0.2, 0.25) is 11.8 Å². The van der Waals surface area contributed by atoms with Crippen molar-refractivity contribution in [3.8, 4) is 0 Å². The second-order valence-electron chi connectivity index (χ2n) is 7.06. The number of benzene rings is 2. The molecule has 0 aliphatic carbocycles. The van der Waals surface area contributed by atoms with Crippen molar-refractivity contribution in [2.45, 2.75) is 26.3 Å². The molecule has 0 saturated carbocycles. The van der Waals surface area contributed by atoms with Crippen LogP contribution in [-0.4, -0.2) is 38.5 Å². The Balaban J connectivity index is 1.62. The number of carbonyl (C=O) groups excluding carboxylic acids is 2. The maximum Gasteiger partial charge on any atom is 0.246 e. The van der Waals surface area contributed by atoms with Crippen LogP contribution in [0.5, 0.6) is 0 Å². The Kier molecular flexibility index (Phi) is 5.35. The Morgan fingerprint density at radius 3 is 2.37 bits per heavy atom. The fourth-order valence-corrected chi connectivity index (χ4v) is 3.23. The predicted octanol–water partition coefficient (Wildman–Crippen LogP) is 3.10. The average molecular weight is 366 g/mol. The third-order valence-electron chi connectivity index (χ3n) is 4.78. The summed E-state index contributed by atoms with van der Waals surface area (Å²) in [5.41, 5.74) is 4.82. The molecule has 2 N–H and O–H groups in total. The minimum atomic E-state index is -0.387. The van der Waals surface area contributed by atoms with Gasteiger partial charge in [-0.1, -0.05) is 0 Å². The van der Waals surface area contributed by atoms with Crippen LogP contribution >= 0.6 is 0 Å². The van der Waals surface area contributed by atoms with Gasteiger partial charge in [-0.25, -0.2) is 0 Å². The van der Waals surface area contributed by atoms with Gasteiger partial charge in [0, 0.05) is 50.3 Å². The molecule has 1 aliphatic heterocycles. The van der Waals surface area contributed by atoms with E-state index < -0.39 is 0 Å². The summed E-state index contributed by atoms with van der Waals surface area (Å²) in [6.45, 7) is 4.13. The molecule has 0 spiro atoms. The maximum atomic E-state index is 12.5. The Hall–Kier alpha value is -3.02. The molecule has 0 unspecified atom stereocenters. The number of hydrogen-bond donors (Lipinski definition) is 2. The quantitative estimate of drug-likeness (QED) is 0.853. The number of carbonyl (C=O) groups is 2. The van der Waals surface area contributed by atoms with Gasteiger partial charge in [0.25, 0.3) is 0 Å². The molecule has 1 atom stereocenters. The molecular weight excluding hydrogens is 340 g/mol. The first-order chi connectivity index (χ1) is 12.8. The molecule has 3 rings (SSSR count). The highest BCUT2D eigenvalue weighted by Crippen LogP contribution is 2.30. The number of fused-ring (bicyclic) bond motifs is 1. The molecule has 2 aromatic carbocycles. The number of amides is 2. The first kappa shape index (κ1) is 18.8. The Labute approximate surface area is 160 Å². The summed E-state index contributed by atoms with van der Waals surface area (Å²) >= 11 is 0. The van der Waals surface area contributed by atoms with E-state index in [2.05, 4.69) is 10.6 Å². The maximum absolute atomic E-state index is 12.5. The number of rotatable bonds is 5. The third-order valence-corrected chi connectivity index (χ3v) is 4.78. The van der Waals surface area contributed by atoms with Crippen molar-refractivity contribution < 1.29 is 9.59 Å². The monoisotopic (exact) mass is 366 g/mol. The Bertz CT molecular complexity index is 846. The Morgan fingerprint density at radius 1 is 1.07 bits per heavy atom. The molecule has 0 fully saturated rings.